The van der Waals surface area contributed by atoms with Crippen molar-refractivity contribution in [2.24, 2.45) is 0 Å². The highest BCUT2D eigenvalue weighted by atomic mass is 35.5. The van der Waals surface area contributed by atoms with E-state index in [1.165, 1.54) is 29.2 Å². The summed E-state index contributed by atoms with van der Waals surface area (Å²) in [6.07, 6.45) is 0. The molecule has 0 spiro atoms. The van der Waals surface area contributed by atoms with Crippen LogP contribution < -0.4 is 14.4 Å². The smallest absolute Gasteiger partial charge is 0.300 e. The summed E-state index contributed by atoms with van der Waals surface area (Å²) in [6.45, 7) is 0.0400. The number of nitro groups is 1. The molecule has 0 radical (unpaired) electrons. The molecule has 10 heteroatoms. The molecule has 2 aliphatic rings. The van der Waals surface area contributed by atoms with Crippen LogP contribution in [0.1, 0.15) is 17.2 Å². The van der Waals surface area contributed by atoms with Crippen LogP contribution >= 0.6 is 11.6 Å². The van der Waals surface area contributed by atoms with Crippen LogP contribution in [0.4, 0.5) is 11.4 Å². The zero-order chi connectivity index (χ0) is 24.0. The third-order valence-corrected chi connectivity index (χ3v) is 5.87. The summed E-state index contributed by atoms with van der Waals surface area (Å²) >= 11 is 6.03. The van der Waals surface area contributed by atoms with Gasteiger partial charge in [-0.3, -0.25) is 24.6 Å². The first-order valence-corrected chi connectivity index (χ1v) is 10.4. The van der Waals surface area contributed by atoms with E-state index in [1.807, 2.05) is 0 Å². The number of aliphatic hydroxyl groups excluding tert-OH is 1. The zero-order valence-electron chi connectivity index (χ0n) is 17.3. The number of Topliss-reactive ketones (excluding diaryl/α,β-unsaturated/α-hetero) is 1. The first-order valence-electron chi connectivity index (χ1n) is 10.1. The summed E-state index contributed by atoms with van der Waals surface area (Å²) in [6, 6.07) is 15.5. The molecule has 9 nitrogen and oxygen atoms in total. The number of carbonyl (C=O) groups is 2. The topological polar surface area (TPSA) is 119 Å². The Morgan fingerprint density at radius 1 is 1.00 bits per heavy atom. The second-order valence-electron chi connectivity index (χ2n) is 7.56. The number of nitro benzene ring substituents is 1. The summed E-state index contributed by atoms with van der Waals surface area (Å²) in [5, 5.41) is 22.5. The number of hydrogen-bond acceptors (Lipinski definition) is 7. The van der Waals surface area contributed by atoms with Crippen LogP contribution in [0.15, 0.2) is 72.3 Å². The van der Waals surface area contributed by atoms with Gasteiger partial charge in [0.15, 0.2) is 11.5 Å². The molecule has 5 rings (SSSR count). The molecular weight excluding hydrogens is 464 g/mol. The zero-order valence-corrected chi connectivity index (χ0v) is 18.1. The minimum atomic E-state index is -0.979. The number of ether oxygens (including phenoxy) is 2. The van der Waals surface area contributed by atoms with Crippen LogP contribution in [0.2, 0.25) is 5.02 Å². The summed E-state index contributed by atoms with van der Waals surface area (Å²) in [4.78, 5) is 38.0. The third-order valence-electron chi connectivity index (χ3n) is 5.62. The van der Waals surface area contributed by atoms with Crippen molar-refractivity contribution in [2.45, 2.75) is 6.04 Å². The van der Waals surface area contributed by atoms with Gasteiger partial charge in [-0.2, -0.15) is 0 Å². The summed E-state index contributed by atoms with van der Waals surface area (Å²) < 4.78 is 10.7. The third kappa shape index (κ3) is 3.52. The predicted octanol–water partition coefficient (Wildman–Crippen LogP) is 4.60. The van der Waals surface area contributed by atoms with Gasteiger partial charge in [-0.05, 0) is 42.0 Å². The molecule has 0 bridgehead atoms. The fraction of sp³-hybridized carbons (Fsp3) is 0.0833. The molecule has 1 atom stereocenters. The lowest BCUT2D eigenvalue weighted by atomic mass is 9.95. The van der Waals surface area contributed by atoms with Gasteiger partial charge in [-0.25, -0.2) is 0 Å². The van der Waals surface area contributed by atoms with Crippen LogP contribution in [0.25, 0.3) is 5.76 Å². The highest BCUT2D eigenvalue weighted by molar-refractivity contribution is 6.51. The summed E-state index contributed by atoms with van der Waals surface area (Å²) in [5.74, 6) is -1.26. The highest BCUT2D eigenvalue weighted by Gasteiger charge is 2.47. The largest absolute Gasteiger partial charge is 0.507 e. The predicted molar refractivity (Wildman–Crippen MR) is 122 cm³/mol. The van der Waals surface area contributed by atoms with Crippen LogP contribution in [-0.4, -0.2) is 28.5 Å². The van der Waals surface area contributed by atoms with E-state index in [0.717, 1.165) is 0 Å². The van der Waals surface area contributed by atoms with E-state index in [2.05, 4.69) is 0 Å². The Bertz CT molecular complexity index is 1370. The first kappa shape index (κ1) is 21.5. The monoisotopic (exact) mass is 478 g/mol. The van der Waals surface area contributed by atoms with Crippen molar-refractivity contribution in [3.05, 3.63) is 98.6 Å². The molecule has 1 N–H and O–H groups in total. The van der Waals surface area contributed by atoms with E-state index in [9.17, 15) is 24.8 Å². The van der Waals surface area contributed by atoms with Crippen molar-refractivity contribution < 1.29 is 29.1 Å². The van der Waals surface area contributed by atoms with E-state index in [1.54, 1.807) is 42.5 Å². The van der Waals surface area contributed by atoms with E-state index >= 15 is 0 Å². The van der Waals surface area contributed by atoms with Gasteiger partial charge in [-0.15, -0.1) is 0 Å². The quantitative estimate of drug-likeness (QED) is 0.191. The van der Waals surface area contributed by atoms with Gasteiger partial charge in [-0.1, -0.05) is 23.7 Å². The Morgan fingerprint density at radius 3 is 2.35 bits per heavy atom. The lowest BCUT2D eigenvalue weighted by molar-refractivity contribution is -0.384. The fourth-order valence-electron chi connectivity index (χ4n) is 3.99. The number of fused-ring (bicyclic) bond motifs is 1. The van der Waals surface area contributed by atoms with Gasteiger partial charge in [0.05, 0.1) is 16.5 Å². The Hall–Kier alpha value is -4.37. The minimum absolute atomic E-state index is 0.0400. The fourth-order valence-corrected chi connectivity index (χ4v) is 4.12. The number of ketones is 1. The lowest BCUT2D eigenvalue weighted by Crippen LogP contribution is -2.29. The van der Waals surface area contributed by atoms with Crippen molar-refractivity contribution in [3.63, 3.8) is 0 Å². The van der Waals surface area contributed by atoms with E-state index in [-0.39, 0.29) is 23.6 Å². The second kappa shape index (κ2) is 8.20. The molecule has 1 saturated heterocycles. The molecule has 2 heterocycles. The first-order chi connectivity index (χ1) is 16.3. The maximum atomic E-state index is 13.2. The molecule has 34 heavy (non-hydrogen) atoms. The lowest BCUT2D eigenvalue weighted by Gasteiger charge is -2.25. The maximum Gasteiger partial charge on any atom is 0.300 e. The van der Waals surface area contributed by atoms with E-state index < -0.39 is 28.4 Å². The normalized spacial score (nSPS) is 18.4. The minimum Gasteiger partial charge on any atom is -0.507 e. The van der Waals surface area contributed by atoms with Crippen LogP contribution in [0.3, 0.4) is 0 Å². The molecule has 0 saturated carbocycles. The number of rotatable bonds is 4. The van der Waals surface area contributed by atoms with Crippen molar-refractivity contribution in [2.75, 3.05) is 11.7 Å². The van der Waals surface area contributed by atoms with Crippen molar-refractivity contribution in [3.8, 4) is 11.5 Å². The maximum absolute atomic E-state index is 13.2. The van der Waals surface area contributed by atoms with Gasteiger partial charge < -0.3 is 14.6 Å². The van der Waals surface area contributed by atoms with Crippen molar-refractivity contribution in [1.29, 1.82) is 0 Å². The Balaban J connectivity index is 1.68. The van der Waals surface area contributed by atoms with Gasteiger partial charge in [0.25, 0.3) is 17.4 Å². The number of hydrogen-bond donors (Lipinski definition) is 1. The molecule has 1 fully saturated rings. The molecule has 0 aromatic heterocycles. The Kier molecular flexibility index (Phi) is 5.18. The molecule has 3 aromatic rings. The molecule has 1 amide bonds. The average molecular weight is 479 g/mol. The Morgan fingerprint density at radius 2 is 1.68 bits per heavy atom. The summed E-state index contributed by atoms with van der Waals surface area (Å²) in [5.41, 5.74) is 0.734. The van der Waals surface area contributed by atoms with Gasteiger partial charge in [0.1, 0.15) is 5.76 Å². The summed E-state index contributed by atoms with van der Waals surface area (Å²) in [7, 11) is 0. The number of benzene rings is 3. The molecule has 0 aliphatic carbocycles. The number of carbonyl (C=O) groups excluding carboxylic acids is 2. The number of anilines is 1. The van der Waals surface area contributed by atoms with Gasteiger partial charge >= 0.3 is 0 Å². The van der Waals surface area contributed by atoms with E-state index in [0.29, 0.717) is 27.8 Å². The molecule has 1 unspecified atom stereocenters. The number of nitrogens with zero attached hydrogens (tertiary/aromatic N) is 2. The molecule has 170 valence electrons. The van der Waals surface area contributed by atoms with Gasteiger partial charge in [0, 0.05) is 34.5 Å². The standard InChI is InChI=1S/C24H15ClN2O7/c25-15-5-1-13(2-6-15)21-20(22(28)14-3-7-16(8-4-14)27(31)32)23(29)24(30)26(21)17-9-10-18-19(11-17)34-12-33-18/h1-11,21,28H,12H2/b22-20+. The highest BCUT2D eigenvalue weighted by Crippen LogP contribution is 2.45. The van der Waals surface area contributed by atoms with Crippen LogP contribution in [-0.2, 0) is 9.59 Å². The van der Waals surface area contributed by atoms with Crippen LogP contribution in [0.5, 0.6) is 11.5 Å². The SMILES string of the molecule is O=C1C(=O)N(c2ccc3c(c2)OCO3)C(c2ccc(Cl)cc2)/C1=C(\O)c1ccc([N+](=O)[O-])cc1. The molecule has 3 aromatic carbocycles. The second-order valence-corrected chi connectivity index (χ2v) is 8.00. The Labute approximate surface area is 197 Å². The number of aliphatic hydroxyl groups is 1. The van der Waals surface area contributed by atoms with Gasteiger partial charge in [0.2, 0.25) is 6.79 Å². The van der Waals surface area contributed by atoms with Crippen LogP contribution in [0, 0.1) is 10.1 Å². The molecular formula is C24H15ClN2O7. The van der Waals surface area contributed by atoms with E-state index in [4.69, 9.17) is 21.1 Å². The van der Waals surface area contributed by atoms with Crippen molar-refractivity contribution >= 4 is 40.4 Å². The number of amides is 1. The number of non-ortho nitro benzene ring substituents is 1. The van der Waals surface area contributed by atoms with Crippen molar-refractivity contribution in [1.82, 2.24) is 0 Å². The molecule has 2 aliphatic heterocycles. The number of halogens is 1. The average Bonchev–Trinajstić information content (AvgIpc) is 3.41.